The molecule has 3 N–H and O–H groups in total. The zero-order chi connectivity index (χ0) is 18.6. The fourth-order valence-corrected chi connectivity index (χ4v) is 2.47. The Hall–Kier alpha value is -2.76. The van der Waals surface area contributed by atoms with Gasteiger partial charge in [0.1, 0.15) is 6.04 Å². The molecule has 0 fully saturated rings. The maximum Gasteiger partial charge on any atom is 0.240 e. The highest BCUT2D eigenvalue weighted by atomic mass is 19.2. The molecule has 4 nitrogen and oxygen atoms in total. The van der Waals surface area contributed by atoms with Gasteiger partial charge in [-0.05, 0) is 48.2 Å². The van der Waals surface area contributed by atoms with Gasteiger partial charge in [0.25, 0.3) is 0 Å². The molecule has 0 bridgehead atoms. The lowest BCUT2D eigenvalue weighted by molar-refractivity contribution is -0.127. The SMILES string of the molecule is Cc1ccc(C[C@@H](NC(=O)Cc2ccc(F)c(F)c2)C(N)=O)cc1C. The average molecular weight is 346 g/mol. The van der Waals surface area contributed by atoms with E-state index in [-0.39, 0.29) is 12.8 Å². The topological polar surface area (TPSA) is 72.2 Å². The van der Waals surface area contributed by atoms with Crippen molar-refractivity contribution in [3.8, 4) is 0 Å². The smallest absolute Gasteiger partial charge is 0.240 e. The number of hydrogen-bond donors (Lipinski definition) is 2. The number of nitrogens with one attached hydrogen (secondary N) is 1. The van der Waals surface area contributed by atoms with E-state index in [0.717, 1.165) is 28.8 Å². The number of aryl methyl sites for hydroxylation is 2. The van der Waals surface area contributed by atoms with E-state index in [2.05, 4.69) is 5.32 Å². The molecule has 0 aliphatic carbocycles. The zero-order valence-electron chi connectivity index (χ0n) is 14.1. The van der Waals surface area contributed by atoms with E-state index in [1.807, 2.05) is 32.0 Å². The molecule has 1 atom stereocenters. The first-order chi connectivity index (χ1) is 11.8. The summed E-state index contributed by atoms with van der Waals surface area (Å²) in [7, 11) is 0. The summed E-state index contributed by atoms with van der Waals surface area (Å²) >= 11 is 0. The van der Waals surface area contributed by atoms with Crippen molar-refractivity contribution in [3.05, 3.63) is 70.3 Å². The summed E-state index contributed by atoms with van der Waals surface area (Å²) in [6, 6.07) is 8.11. The Morgan fingerprint density at radius 1 is 1.00 bits per heavy atom. The quantitative estimate of drug-likeness (QED) is 0.843. The molecule has 2 amide bonds. The number of primary amides is 1. The van der Waals surface area contributed by atoms with Gasteiger partial charge in [0.15, 0.2) is 11.6 Å². The highest BCUT2D eigenvalue weighted by molar-refractivity contribution is 5.87. The lowest BCUT2D eigenvalue weighted by atomic mass is 10.0. The Bertz CT molecular complexity index is 806. The summed E-state index contributed by atoms with van der Waals surface area (Å²) in [4.78, 5) is 23.7. The Balaban J connectivity index is 2.04. The predicted molar refractivity (Wildman–Crippen MR) is 90.8 cm³/mol. The Kier molecular flexibility index (Phi) is 5.85. The first-order valence-corrected chi connectivity index (χ1v) is 7.85. The number of benzene rings is 2. The van der Waals surface area contributed by atoms with Crippen molar-refractivity contribution >= 4 is 11.8 Å². The Morgan fingerprint density at radius 2 is 1.68 bits per heavy atom. The maximum absolute atomic E-state index is 13.2. The van der Waals surface area contributed by atoms with Crippen LogP contribution in [0.1, 0.15) is 22.3 Å². The number of hydrogen-bond acceptors (Lipinski definition) is 2. The Morgan fingerprint density at radius 3 is 2.28 bits per heavy atom. The van der Waals surface area contributed by atoms with Crippen molar-refractivity contribution in [2.24, 2.45) is 5.73 Å². The lowest BCUT2D eigenvalue weighted by Crippen LogP contribution is -2.46. The first kappa shape index (κ1) is 18.6. The van der Waals surface area contributed by atoms with E-state index in [1.54, 1.807) is 0 Å². The van der Waals surface area contributed by atoms with Crippen molar-refractivity contribution in [1.82, 2.24) is 5.32 Å². The molecule has 2 aromatic carbocycles. The van der Waals surface area contributed by atoms with Crippen LogP contribution in [0.4, 0.5) is 8.78 Å². The molecule has 25 heavy (non-hydrogen) atoms. The van der Waals surface area contributed by atoms with Crippen LogP contribution in [-0.2, 0) is 22.4 Å². The van der Waals surface area contributed by atoms with Crippen LogP contribution in [0.5, 0.6) is 0 Å². The summed E-state index contributed by atoms with van der Waals surface area (Å²) in [6.45, 7) is 3.94. The summed E-state index contributed by atoms with van der Waals surface area (Å²) < 4.78 is 26.1. The number of nitrogens with two attached hydrogens (primary N) is 1. The van der Waals surface area contributed by atoms with E-state index in [0.29, 0.717) is 5.56 Å². The number of halogens is 2. The van der Waals surface area contributed by atoms with E-state index in [4.69, 9.17) is 5.73 Å². The van der Waals surface area contributed by atoms with Gasteiger partial charge in [-0.3, -0.25) is 9.59 Å². The molecule has 2 rings (SSSR count). The molecule has 0 radical (unpaired) electrons. The molecule has 0 unspecified atom stereocenters. The van der Waals surface area contributed by atoms with E-state index in [1.165, 1.54) is 6.07 Å². The number of rotatable bonds is 6. The zero-order valence-corrected chi connectivity index (χ0v) is 14.1. The average Bonchev–Trinajstić information content (AvgIpc) is 2.53. The van der Waals surface area contributed by atoms with Crippen LogP contribution < -0.4 is 11.1 Å². The van der Waals surface area contributed by atoms with Gasteiger partial charge in [0, 0.05) is 6.42 Å². The maximum atomic E-state index is 13.2. The van der Waals surface area contributed by atoms with Crippen molar-refractivity contribution in [3.63, 3.8) is 0 Å². The van der Waals surface area contributed by atoms with Gasteiger partial charge in [-0.1, -0.05) is 24.3 Å². The highest BCUT2D eigenvalue weighted by Crippen LogP contribution is 2.12. The van der Waals surface area contributed by atoms with Crippen LogP contribution in [0.2, 0.25) is 0 Å². The fraction of sp³-hybridized carbons (Fsp3) is 0.263. The second kappa shape index (κ2) is 7.88. The van der Waals surface area contributed by atoms with Gasteiger partial charge in [-0.2, -0.15) is 0 Å². The van der Waals surface area contributed by atoms with E-state index < -0.39 is 29.5 Å². The van der Waals surface area contributed by atoms with Crippen LogP contribution in [-0.4, -0.2) is 17.9 Å². The summed E-state index contributed by atoms with van der Waals surface area (Å²) in [5.74, 6) is -3.14. The minimum Gasteiger partial charge on any atom is -0.368 e. The molecule has 0 saturated carbocycles. The third-order valence-corrected chi connectivity index (χ3v) is 4.04. The van der Waals surface area contributed by atoms with Gasteiger partial charge < -0.3 is 11.1 Å². The molecule has 0 aromatic heterocycles. The lowest BCUT2D eigenvalue weighted by Gasteiger charge is -2.16. The van der Waals surface area contributed by atoms with Crippen LogP contribution in [0.3, 0.4) is 0 Å². The number of amides is 2. The number of carbonyl (C=O) groups is 2. The van der Waals surface area contributed by atoms with Crippen LogP contribution in [0.25, 0.3) is 0 Å². The van der Waals surface area contributed by atoms with Gasteiger partial charge in [0.2, 0.25) is 11.8 Å². The molecule has 0 spiro atoms. The van der Waals surface area contributed by atoms with Crippen LogP contribution in [0, 0.1) is 25.5 Å². The summed E-state index contributed by atoms with van der Waals surface area (Å²) in [5, 5.41) is 2.55. The second-order valence-corrected chi connectivity index (χ2v) is 6.07. The monoisotopic (exact) mass is 346 g/mol. The third kappa shape index (κ3) is 5.11. The molecule has 0 heterocycles. The van der Waals surface area contributed by atoms with Crippen molar-refractivity contribution in [1.29, 1.82) is 0 Å². The largest absolute Gasteiger partial charge is 0.368 e. The van der Waals surface area contributed by atoms with Crippen molar-refractivity contribution in [2.75, 3.05) is 0 Å². The minimum atomic E-state index is -1.02. The minimum absolute atomic E-state index is 0.173. The number of carbonyl (C=O) groups excluding carboxylic acids is 2. The van der Waals surface area contributed by atoms with E-state index in [9.17, 15) is 18.4 Å². The highest BCUT2D eigenvalue weighted by Gasteiger charge is 2.19. The summed E-state index contributed by atoms with van der Waals surface area (Å²) in [6.07, 6.45) is 0.0911. The molecule has 0 saturated heterocycles. The van der Waals surface area contributed by atoms with Gasteiger partial charge >= 0.3 is 0 Å². The first-order valence-electron chi connectivity index (χ1n) is 7.85. The van der Waals surface area contributed by atoms with Gasteiger partial charge in [-0.25, -0.2) is 8.78 Å². The fourth-order valence-electron chi connectivity index (χ4n) is 2.47. The van der Waals surface area contributed by atoms with Crippen LogP contribution >= 0.6 is 0 Å². The van der Waals surface area contributed by atoms with Gasteiger partial charge in [-0.15, -0.1) is 0 Å². The molecule has 132 valence electrons. The van der Waals surface area contributed by atoms with Crippen molar-refractivity contribution < 1.29 is 18.4 Å². The standard InChI is InChI=1S/C19H20F2N2O2/c1-11-3-4-13(7-12(11)2)9-17(19(22)25)23-18(24)10-14-5-6-15(20)16(21)8-14/h3-8,17H,9-10H2,1-2H3,(H2,22,25)(H,23,24)/t17-/m1/s1. The predicted octanol–water partition coefficient (Wildman–Crippen LogP) is 2.34. The Labute approximate surface area is 145 Å². The molecular formula is C19H20F2N2O2. The van der Waals surface area contributed by atoms with Crippen LogP contribution in [0.15, 0.2) is 36.4 Å². The van der Waals surface area contributed by atoms with E-state index >= 15 is 0 Å². The molecule has 0 aliphatic heterocycles. The molecule has 2 aromatic rings. The normalized spacial score (nSPS) is 11.8. The van der Waals surface area contributed by atoms with Gasteiger partial charge in [0.05, 0.1) is 6.42 Å². The third-order valence-electron chi connectivity index (χ3n) is 4.04. The summed E-state index contributed by atoms with van der Waals surface area (Å²) in [5.41, 5.74) is 8.77. The second-order valence-electron chi connectivity index (χ2n) is 6.07. The van der Waals surface area contributed by atoms with Crippen molar-refractivity contribution in [2.45, 2.75) is 32.7 Å². The molecular weight excluding hydrogens is 326 g/mol. The molecule has 0 aliphatic rings. The molecule has 6 heteroatoms.